The van der Waals surface area contributed by atoms with E-state index in [9.17, 15) is 20.4 Å². The zero-order chi connectivity index (χ0) is 23.3. The lowest BCUT2D eigenvalue weighted by molar-refractivity contribution is -0.277. The van der Waals surface area contributed by atoms with Crippen LogP contribution in [-0.4, -0.2) is 79.1 Å². The van der Waals surface area contributed by atoms with E-state index in [-0.39, 0.29) is 5.75 Å². The zero-order valence-electron chi connectivity index (χ0n) is 18.0. The van der Waals surface area contributed by atoms with Crippen LogP contribution >= 0.6 is 0 Å². The second-order valence-electron chi connectivity index (χ2n) is 7.14. The van der Waals surface area contributed by atoms with Gasteiger partial charge in [0.25, 0.3) is 0 Å². The van der Waals surface area contributed by atoms with Gasteiger partial charge in [-0.2, -0.15) is 0 Å². The van der Waals surface area contributed by atoms with E-state index in [1.165, 1.54) is 14.2 Å². The lowest BCUT2D eigenvalue weighted by Crippen LogP contribution is -2.60. The molecule has 2 aromatic rings. The SMILES string of the molecule is COc1cc(/C=C/c2ccccc2OC)c(OC2O[C@H](CO)[C@@H](O)[C@H](O)[C@H]2O)c(OC)c1. The highest BCUT2D eigenvalue weighted by molar-refractivity contribution is 5.77. The quantitative estimate of drug-likeness (QED) is 0.439. The predicted octanol–water partition coefficient (Wildman–Crippen LogP) is 1.06. The Morgan fingerprint density at radius 3 is 2.19 bits per heavy atom. The van der Waals surface area contributed by atoms with Crippen LogP contribution in [0.3, 0.4) is 0 Å². The normalized spacial score (nSPS) is 25.5. The van der Waals surface area contributed by atoms with E-state index in [0.29, 0.717) is 22.8 Å². The molecule has 0 bridgehead atoms. The largest absolute Gasteiger partial charge is 0.497 e. The number of aliphatic hydroxyl groups excluding tert-OH is 4. The minimum Gasteiger partial charge on any atom is -0.497 e. The first-order valence-electron chi connectivity index (χ1n) is 9.97. The van der Waals surface area contributed by atoms with Crippen LogP contribution in [0.5, 0.6) is 23.0 Å². The van der Waals surface area contributed by atoms with Gasteiger partial charge in [-0.1, -0.05) is 30.4 Å². The van der Waals surface area contributed by atoms with Crippen molar-refractivity contribution in [1.29, 1.82) is 0 Å². The summed E-state index contributed by atoms with van der Waals surface area (Å²) in [4.78, 5) is 0. The number of ether oxygens (including phenoxy) is 5. The van der Waals surface area contributed by atoms with Crippen LogP contribution in [0.4, 0.5) is 0 Å². The lowest BCUT2D eigenvalue weighted by Gasteiger charge is -2.39. The van der Waals surface area contributed by atoms with E-state index in [0.717, 1.165) is 5.56 Å². The summed E-state index contributed by atoms with van der Waals surface area (Å²) in [6.45, 7) is -0.564. The highest BCUT2D eigenvalue weighted by Gasteiger charge is 2.45. The van der Waals surface area contributed by atoms with Gasteiger partial charge >= 0.3 is 0 Å². The molecule has 1 unspecified atom stereocenters. The molecule has 0 amide bonds. The van der Waals surface area contributed by atoms with E-state index >= 15 is 0 Å². The van der Waals surface area contributed by atoms with Gasteiger partial charge in [-0.25, -0.2) is 0 Å². The average molecular weight is 448 g/mol. The maximum Gasteiger partial charge on any atom is 0.229 e. The Hall–Kier alpha value is -2.82. The summed E-state index contributed by atoms with van der Waals surface area (Å²) < 4.78 is 27.5. The molecule has 1 heterocycles. The van der Waals surface area contributed by atoms with Gasteiger partial charge in [-0.05, 0) is 12.1 Å². The van der Waals surface area contributed by atoms with E-state index in [4.69, 9.17) is 23.7 Å². The molecule has 0 saturated carbocycles. The molecule has 32 heavy (non-hydrogen) atoms. The molecule has 4 N–H and O–H groups in total. The van der Waals surface area contributed by atoms with E-state index in [1.54, 1.807) is 25.3 Å². The van der Waals surface area contributed by atoms with Crippen LogP contribution in [0.1, 0.15) is 11.1 Å². The first kappa shape index (κ1) is 23.8. The van der Waals surface area contributed by atoms with Crippen molar-refractivity contribution in [2.24, 2.45) is 0 Å². The van der Waals surface area contributed by atoms with Crippen molar-refractivity contribution >= 4 is 12.2 Å². The van der Waals surface area contributed by atoms with Gasteiger partial charge in [0.2, 0.25) is 6.29 Å². The topological polar surface area (TPSA) is 127 Å². The van der Waals surface area contributed by atoms with Crippen molar-refractivity contribution in [3.8, 4) is 23.0 Å². The Bertz CT molecular complexity index is 928. The number of hydrogen-bond acceptors (Lipinski definition) is 9. The molecule has 174 valence electrons. The van der Waals surface area contributed by atoms with Crippen molar-refractivity contribution in [3.05, 3.63) is 47.5 Å². The van der Waals surface area contributed by atoms with Crippen molar-refractivity contribution in [1.82, 2.24) is 0 Å². The fourth-order valence-corrected chi connectivity index (χ4v) is 3.38. The molecule has 2 aromatic carbocycles. The fourth-order valence-electron chi connectivity index (χ4n) is 3.38. The maximum atomic E-state index is 10.4. The van der Waals surface area contributed by atoms with Crippen LogP contribution < -0.4 is 18.9 Å². The predicted molar refractivity (Wildman–Crippen MR) is 116 cm³/mol. The van der Waals surface area contributed by atoms with Crippen LogP contribution in [0, 0.1) is 0 Å². The highest BCUT2D eigenvalue weighted by atomic mass is 16.7. The lowest BCUT2D eigenvalue weighted by atomic mass is 9.99. The molecule has 1 aliphatic rings. The molecule has 9 heteroatoms. The Balaban J connectivity index is 2.00. The molecule has 1 fully saturated rings. The molecule has 1 aliphatic heterocycles. The van der Waals surface area contributed by atoms with E-state index in [1.807, 2.05) is 30.3 Å². The molecule has 5 atom stereocenters. The first-order valence-corrected chi connectivity index (χ1v) is 9.97. The van der Waals surface area contributed by atoms with Gasteiger partial charge in [0.15, 0.2) is 11.5 Å². The van der Waals surface area contributed by atoms with Crippen LogP contribution in [-0.2, 0) is 4.74 Å². The Labute approximate surface area is 186 Å². The monoisotopic (exact) mass is 448 g/mol. The maximum absolute atomic E-state index is 10.4. The molecule has 0 aliphatic carbocycles. The molecule has 1 saturated heterocycles. The third-order valence-electron chi connectivity index (χ3n) is 5.18. The summed E-state index contributed by atoms with van der Waals surface area (Å²) in [6, 6.07) is 10.7. The standard InChI is InChI=1S/C23H28O9/c1-28-15-10-14(9-8-13-6-4-5-7-16(13)29-2)22(17(11-15)30-3)32-23-21(27)20(26)19(25)18(12-24)31-23/h4-11,18-21,23-27H,12H2,1-3H3/b9-8+/t18-,19-,20+,21-,23?/m1/s1. The fraction of sp³-hybridized carbons (Fsp3) is 0.391. The average Bonchev–Trinajstić information content (AvgIpc) is 2.83. The summed E-state index contributed by atoms with van der Waals surface area (Å²) >= 11 is 0. The van der Waals surface area contributed by atoms with Gasteiger partial charge in [0, 0.05) is 17.2 Å². The first-order chi connectivity index (χ1) is 15.4. The molecule has 3 rings (SSSR count). The van der Waals surface area contributed by atoms with Gasteiger partial charge in [0.05, 0.1) is 27.9 Å². The summed E-state index contributed by atoms with van der Waals surface area (Å²) in [6.07, 6.45) is -3.53. The van der Waals surface area contributed by atoms with Gasteiger partial charge < -0.3 is 44.1 Å². The van der Waals surface area contributed by atoms with Crippen LogP contribution in [0.2, 0.25) is 0 Å². The van der Waals surface area contributed by atoms with Crippen molar-refractivity contribution in [3.63, 3.8) is 0 Å². The molecule has 9 nitrogen and oxygen atoms in total. The second kappa shape index (κ2) is 10.7. The minimum absolute atomic E-state index is 0.212. The van der Waals surface area contributed by atoms with Crippen molar-refractivity contribution in [2.45, 2.75) is 30.7 Å². The van der Waals surface area contributed by atoms with Crippen LogP contribution in [0.15, 0.2) is 36.4 Å². The van der Waals surface area contributed by atoms with Crippen molar-refractivity contribution < 1.29 is 44.1 Å². The smallest absolute Gasteiger partial charge is 0.229 e. The number of benzene rings is 2. The summed E-state index contributed by atoms with van der Waals surface area (Å²) in [5, 5.41) is 39.9. The van der Waals surface area contributed by atoms with Crippen molar-refractivity contribution in [2.75, 3.05) is 27.9 Å². The number of methoxy groups -OCH3 is 3. The summed E-state index contributed by atoms with van der Waals surface area (Å²) in [5.74, 6) is 1.68. The number of rotatable bonds is 8. The molecular formula is C23H28O9. The Morgan fingerprint density at radius 1 is 0.844 bits per heavy atom. The summed E-state index contributed by atoms with van der Waals surface area (Å²) in [5.41, 5.74) is 1.35. The zero-order valence-corrected chi connectivity index (χ0v) is 18.0. The van der Waals surface area contributed by atoms with Gasteiger partial charge in [0.1, 0.15) is 35.9 Å². The van der Waals surface area contributed by atoms with Crippen LogP contribution in [0.25, 0.3) is 12.2 Å². The van der Waals surface area contributed by atoms with E-state index < -0.39 is 37.3 Å². The third kappa shape index (κ3) is 4.98. The van der Waals surface area contributed by atoms with E-state index in [2.05, 4.69) is 0 Å². The molecule has 0 radical (unpaired) electrons. The molecule has 0 aromatic heterocycles. The Kier molecular flexibility index (Phi) is 7.94. The number of para-hydroxylation sites is 1. The highest BCUT2D eigenvalue weighted by Crippen LogP contribution is 2.39. The third-order valence-corrected chi connectivity index (χ3v) is 5.18. The number of aliphatic hydroxyl groups is 4. The molecule has 0 spiro atoms. The van der Waals surface area contributed by atoms with Gasteiger partial charge in [-0.15, -0.1) is 0 Å². The summed E-state index contributed by atoms with van der Waals surface area (Å²) in [7, 11) is 4.54. The second-order valence-corrected chi connectivity index (χ2v) is 7.14. The van der Waals surface area contributed by atoms with Gasteiger partial charge in [-0.3, -0.25) is 0 Å². The minimum atomic E-state index is -1.57. The number of hydrogen-bond donors (Lipinski definition) is 4. The Morgan fingerprint density at radius 2 is 1.53 bits per heavy atom. The molecular weight excluding hydrogens is 420 g/mol.